The summed E-state index contributed by atoms with van der Waals surface area (Å²) in [5.41, 5.74) is 3.78. The summed E-state index contributed by atoms with van der Waals surface area (Å²) < 4.78 is 15.1. The molecule has 1 saturated carbocycles. The summed E-state index contributed by atoms with van der Waals surface area (Å²) in [5.74, 6) is 1.15. The van der Waals surface area contributed by atoms with Gasteiger partial charge >= 0.3 is 0 Å². The molecule has 0 aromatic heterocycles. The summed E-state index contributed by atoms with van der Waals surface area (Å²) in [5, 5.41) is 0. The number of benzene rings is 2. The van der Waals surface area contributed by atoms with Crippen LogP contribution >= 0.6 is 0 Å². The van der Waals surface area contributed by atoms with Crippen molar-refractivity contribution in [2.75, 3.05) is 0 Å². The highest BCUT2D eigenvalue weighted by molar-refractivity contribution is 5.98. The highest BCUT2D eigenvalue weighted by atomic mass is 19.1. The summed E-state index contributed by atoms with van der Waals surface area (Å²) in [7, 11) is 0. The van der Waals surface area contributed by atoms with Gasteiger partial charge in [0.05, 0.1) is 0 Å². The van der Waals surface area contributed by atoms with Crippen LogP contribution in [0.2, 0.25) is 0 Å². The third kappa shape index (κ3) is 5.35. The van der Waals surface area contributed by atoms with E-state index in [9.17, 15) is 4.79 Å². The minimum absolute atomic E-state index is 0.102. The van der Waals surface area contributed by atoms with Gasteiger partial charge in [0.1, 0.15) is 5.82 Å². The molecule has 3 rings (SSSR count). The van der Waals surface area contributed by atoms with Crippen LogP contribution < -0.4 is 0 Å². The quantitative estimate of drug-likeness (QED) is 0.415. The number of hydrogen-bond acceptors (Lipinski definition) is 1. The van der Waals surface area contributed by atoms with Crippen LogP contribution in [0.4, 0.5) is 4.39 Å². The lowest BCUT2D eigenvalue weighted by Crippen LogP contribution is -2.18. The molecule has 1 aliphatic carbocycles. The molecule has 0 saturated heterocycles. The fourth-order valence-electron chi connectivity index (χ4n) is 4.85. The van der Waals surface area contributed by atoms with Crippen LogP contribution in [0.15, 0.2) is 36.4 Å². The first kappa shape index (κ1) is 21.7. The van der Waals surface area contributed by atoms with E-state index < -0.39 is 0 Å². The minimum Gasteiger partial charge on any atom is -0.294 e. The molecule has 0 heterocycles. The molecular formula is C27H35FO. The molecule has 0 aliphatic heterocycles. The van der Waals surface area contributed by atoms with Gasteiger partial charge in [0, 0.05) is 17.5 Å². The van der Waals surface area contributed by atoms with Gasteiger partial charge in [-0.2, -0.15) is 0 Å². The topological polar surface area (TPSA) is 17.1 Å². The third-order valence-electron chi connectivity index (χ3n) is 6.63. The van der Waals surface area contributed by atoms with Crippen molar-refractivity contribution in [1.82, 2.24) is 0 Å². The predicted molar refractivity (Wildman–Crippen MR) is 120 cm³/mol. The lowest BCUT2D eigenvalue weighted by atomic mass is 9.77. The molecule has 0 spiro atoms. The van der Waals surface area contributed by atoms with Crippen molar-refractivity contribution >= 4 is 5.78 Å². The molecule has 1 nitrogen and oxygen atoms in total. The zero-order valence-corrected chi connectivity index (χ0v) is 18.3. The van der Waals surface area contributed by atoms with E-state index in [1.165, 1.54) is 31.2 Å². The van der Waals surface area contributed by atoms with Crippen LogP contribution in [0.1, 0.15) is 86.7 Å². The average molecular weight is 395 g/mol. The Bertz CT molecular complexity index is 813. The molecule has 2 aromatic carbocycles. The lowest BCUT2D eigenvalue weighted by Gasteiger charge is -2.28. The first-order chi connectivity index (χ1) is 14.0. The maximum atomic E-state index is 15.1. The van der Waals surface area contributed by atoms with E-state index in [-0.39, 0.29) is 11.6 Å². The standard InChI is InChI=1S/C27H35FO/c1-4-6-20-8-10-22(11-9-20)18-26(29)24-16-17-25(27(28)19(24)3)23-14-12-21(7-5-2)13-15-23/h12-17,20,22H,4-11,18H2,1-3H3. The van der Waals surface area contributed by atoms with E-state index in [0.29, 0.717) is 29.0 Å². The van der Waals surface area contributed by atoms with Gasteiger partial charge in [-0.05, 0) is 54.7 Å². The largest absolute Gasteiger partial charge is 0.294 e. The lowest BCUT2D eigenvalue weighted by molar-refractivity contribution is 0.0941. The molecule has 0 bridgehead atoms. The Kier molecular flexibility index (Phi) is 7.64. The smallest absolute Gasteiger partial charge is 0.163 e. The number of hydrogen-bond donors (Lipinski definition) is 0. The maximum Gasteiger partial charge on any atom is 0.163 e. The normalized spacial score (nSPS) is 19.3. The van der Waals surface area contributed by atoms with Gasteiger partial charge in [-0.3, -0.25) is 4.79 Å². The van der Waals surface area contributed by atoms with Crippen molar-refractivity contribution in [2.24, 2.45) is 11.8 Å². The Morgan fingerprint density at radius 3 is 2.21 bits per heavy atom. The monoisotopic (exact) mass is 394 g/mol. The minimum atomic E-state index is -0.259. The van der Waals surface area contributed by atoms with Gasteiger partial charge < -0.3 is 0 Å². The van der Waals surface area contributed by atoms with Crippen LogP contribution in [0.3, 0.4) is 0 Å². The Morgan fingerprint density at radius 2 is 1.59 bits per heavy atom. The highest BCUT2D eigenvalue weighted by Gasteiger charge is 2.24. The summed E-state index contributed by atoms with van der Waals surface area (Å²) in [6, 6.07) is 11.7. The third-order valence-corrected chi connectivity index (χ3v) is 6.63. The molecule has 1 fully saturated rings. The molecule has 1 aliphatic rings. The van der Waals surface area contributed by atoms with Crippen molar-refractivity contribution in [1.29, 1.82) is 0 Å². The van der Waals surface area contributed by atoms with E-state index in [2.05, 4.69) is 26.0 Å². The average Bonchev–Trinajstić information content (AvgIpc) is 2.72. The van der Waals surface area contributed by atoms with Gasteiger partial charge in [0.15, 0.2) is 5.78 Å². The molecule has 156 valence electrons. The molecule has 2 aromatic rings. The molecule has 0 N–H and O–H groups in total. The van der Waals surface area contributed by atoms with E-state index in [1.54, 1.807) is 13.0 Å². The Morgan fingerprint density at radius 1 is 0.931 bits per heavy atom. The molecule has 0 amide bonds. The first-order valence-electron chi connectivity index (χ1n) is 11.4. The van der Waals surface area contributed by atoms with Gasteiger partial charge in [-0.1, -0.05) is 82.3 Å². The summed E-state index contributed by atoms with van der Waals surface area (Å²) >= 11 is 0. The highest BCUT2D eigenvalue weighted by Crippen LogP contribution is 2.35. The molecule has 0 atom stereocenters. The molecule has 2 heteroatoms. The van der Waals surface area contributed by atoms with Crippen LogP contribution in [-0.4, -0.2) is 5.78 Å². The van der Waals surface area contributed by atoms with E-state index in [1.807, 2.05) is 18.2 Å². The second-order valence-electron chi connectivity index (χ2n) is 8.85. The molecule has 29 heavy (non-hydrogen) atoms. The molecule has 0 radical (unpaired) electrons. The van der Waals surface area contributed by atoms with Gasteiger partial charge in [0.25, 0.3) is 0 Å². The van der Waals surface area contributed by atoms with Crippen LogP contribution in [-0.2, 0) is 6.42 Å². The maximum absolute atomic E-state index is 15.1. The second kappa shape index (κ2) is 10.2. The van der Waals surface area contributed by atoms with Crippen LogP contribution in [0, 0.1) is 24.6 Å². The summed E-state index contributed by atoms with van der Waals surface area (Å²) in [6.07, 6.45) is 10.0. The fourth-order valence-corrected chi connectivity index (χ4v) is 4.85. The number of Topliss-reactive ketones (excluding diaryl/α,β-unsaturated/α-hetero) is 1. The predicted octanol–water partition coefficient (Wildman–Crippen LogP) is 7.93. The number of aryl methyl sites for hydroxylation is 1. The van der Waals surface area contributed by atoms with Crippen molar-refractivity contribution in [3.8, 4) is 11.1 Å². The number of carbonyl (C=O) groups excluding carboxylic acids is 1. The fraction of sp³-hybridized carbons (Fsp3) is 0.519. The van der Waals surface area contributed by atoms with Crippen molar-refractivity contribution in [2.45, 2.75) is 78.6 Å². The summed E-state index contributed by atoms with van der Waals surface area (Å²) in [6.45, 7) is 6.15. The number of carbonyl (C=O) groups is 1. The number of rotatable bonds is 8. The van der Waals surface area contributed by atoms with Crippen LogP contribution in [0.25, 0.3) is 11.1 Å². The van der Waals surface area contributed by atoms with Gasteiger partial charge in [-0.25, -0.2) is 4.39 Å². The first-order valence-corrected chi connectivity index (χ1v) is 11.4. The van der Waals surface area contributed by atoms with Crippen molar-refractivity contribution in [3.05, 3.63) is 58.9 Å². The van der Waals surface area contributed by atoms with E-state index >= 15 is 4.39 Å². The molecule has 0 unspecified atom stereocenters. The Balaban J connectivity index is 1.69. The number of ketones is 1. The summed E-state index contributed by atoms with van der Waals surface area (Å²) in [4.78, 5) is 12.9. The van der Waals surface area contributed by atoms with Gasteiger partial charge in [-0.15, -0.1) is 0 Å². The number of halogens is 1. The van der Waals surface area contributed by atoms with E-state index in [4.69, 9.17) is 0 Å². The Labute approximate surface area is 175 Å². The SMILES string of the molecule is CCCc1ccc(-c2ccc(C(=O)CC3CCC(CCC)CC3)c(C)c2F)cc1. The van der Waals surface area contributed by atoms with Crippen molar-refractivity contribution in [3.63, 3.8) is 0 Å². The molecular weight excluding hydrogens is 359 g/mol. The zero-order valence-electron chi connectivity index (χ0n) is 18.3. The second-order valence-corrected chi connectivity index (χ2v) is 8.85. The Hall–Kier alpha value is -1.96. The van der Waals surface area contributed by atoms with Crippen LogP contribution in [0.5, 0.6) is 0 Å². The van der Waals surface area contributed by atoms with E-state index in [0.717, 1.165) is 37.2 Å². The van der Waals surface area contributed by atoms with Crippen molar-refractivity contribution < 1.29 is 9.18 Å². The zero-order chi connectivity index (χ0) is 20.8. The van der Waals surface area contributed by atoms with Gasteiger partial charge in [0.2, 0.25) is 0 Å².